The zero-order chi connectivity index (χ0) is 14.1. The molecule has 100 valence electrons. The lowest BCUT2D eigenvalue weighted by molar-refractivity contribution is 0.172. The van der Waals surface area contributed by atoms with Crippen LogP contribution in [-0.2, 0) is 0 Å². The van der Waals surface area contributed by atoms with Gasteiger partial charge in [-0.15, -0.1) is 0 Å². The lowest BCUT2D eigenvalue weighted by Crippen LogP contribution is -2.25. The van der Waals surface area contributed by atoms with Crippen molar-refractivity contribution in [3.8, 4) is 5.75 Å². The monoisotopic (exact) mass is 265 g/mol. The van der Waals surface area contributed by atoms with Gasteiger partial charge in [0.05, 0.1) is 0 Å². The summed E-state index contributed by atoms with van der Waals surface area (Å²) in [6, 6.07) is 18.1. The van der Waals surface area contributed by atoms with Crippen LogP contribution in [-0.4, -0.2) is 25.1 Å². The van der Waals surface area contributed by atoms with Crippen LogP contribution in [0.5, 0.6) is 5.75 Å². The Bertz CT molecular complexity index is 793. The Morgan fingerprint density at radius 3 is 2.30 bits per heavy atom. The first-order valence-corrected chi connectivity index (χ1v) is 6.46. The highest BCUT2D eigenvalue weighted by Crippen LogP contribution is 2.28. The number of amides is 1. The summed E-state index contributed by atoms with van der Waals surface area (Å²) in [6.45, 7) is 0. The van der Waals surface area contributed by atoms with Gasteiger partial charge in [0, 0.05) is 14.1 Å². The van der Waals surface area contributed by atoms with Crippen molar-refractivity contribution in [3.63, 3.8) is 0 Å². The predicted molar refractivity (Wildman–Crippen MR) is 81.2 cm³/mol. The van der Waals surface area contributed by atoms with E-state index >= 15 is 0 Å². The molecule has 0 saturated heterocycles. The highest BCUT2D eigenvalue weighted by atomic mass is 16.6. The molecule has 0 aliphatic heterocycles. The van der Waals surface area contributed by atoms with Crippen LogP contribution in [0.2, 0.25) is 0 Å². The predicted octanol–water partition coefficient (Wildman–Crippen LogP) is 4.05. The molecule has 0 spiro atoms. The molecule has 0 fully saturated rings. The van der Waals surface area contributed by atoms with Crippen LogP contribution >= 0.6 is 0 Å². The summed E-state index contributed by atoms with van der Waals surface area (Å²) < 4.78 is 5.32. The van der Waals surface area contributed by atoms with E-state index in [9.17, 15) is 4.79 Å². The van der Waals surface area contributed by atoms with E-state index in [1.807, 2.05) is 30.3 Å². The number of carbonyl (C=O) groups excluding carboxylic acids is 1. The molecule has 0 radical (unpaired) electrons. The number of rotatable bonds is 1. The van der Waals surface area contributed by atoms with E-state index in [0.29, 0.717) is 5.75 Å². The second-order valence-corrected chi connectivity index (χ2v) is 4.93. The minimum Gasteiger partial charge on any atom is -0.410 e. The molecule has 0 aliphatic rings. The Balaban J connectivity index is 2.13. The van der Waals surface area contributed by atoms with Crippen molar-refractivity contribution in [2.45, 2.75) is 0 Å². The first kappa shape index (κ1) is 12.5. The summed E-state index contributed by atoms with van der Waals surface area (Å²) in [5.41, 5.74) is 0. The molecule has 0 heterocycles. The Kier molecular flexibility index (Phi) is 3.03. The molecule has 3 nitrogen and oxygen atoms in total. The quantitative estimate of drug-likeness (QED) is 0.621. The number of fused-ring (bicyclic) bond motifs is 3. The maximum absolute atomic E-state index is 11.6. The normalized spacial score (nSPS) is 10.7. The van der Waals surface area contributed by atoms with E-state index in [0.717, 1.165) is 16.2 Å². The second-order valence-electron chi connectivity index (χ2n) is 4.93. The van der Waals surface area contributed by atoms with Crippen molar-refractivity contribution in [2.75, 3.05) is 14.1 Å². The second kappa shape index (κ2) is 4.85. The van der Waals surface area contributed by atoms with Crippen LogP contribution in [0.15, 0.2) is 54.6 Å². The Morgan fingerprint density at radius 2 is 1.55 bits per heavy atom. The number of hydrogen-bond acceptors (Lipinski definition) is 2. The highest BCUT2D eigenvalue weighted by molar-refractivity contribution is 6.07. The standard InChI is InChI=1S/C17H15NO2/c1-18(2)17(19)20-14-10-9-13-8-7-12-5-3-4-6-15(12)16(13)11-14/h3-11H,1-2H3. The average Bonchev–Trinajstić information content (AvgIpc) is 2.47. The summed E-state index contributed by atoms with van der Waals surface area (Å²) in [4.78, 5) is 13.0. The molecule has 0 unspecified atom stereocenters. The fourth-order valence-corrected chi connectivity index (χ4v) is 2.24. The zero-order valence-electron chi connectivity index (χ0n) is 11.5. The molecule has 0 bridgehead atoms. The fourth-order valence-electron chi connectivity index (χ4n) is 2.24. The van der Waals surface area contributed by atoms with Gasteiger partial charge in [-0.25, -0.2) is 4.79 Å². The maximum Gasteiger partial charge on any atom is 0.414 e. The molecule has 0 aromatic heterocycles. The third kappa shape index (κ3) is 2.18. The molecule has 3 rings (SSSR count). The van der Waals surface area contributed by atoms with Gasteiger partial charge in [0.25, 0.3) is 0 Å². The Morgan fingerprint density at radius 1 is 0.900 bits per heavy atom. The zero-order valence-corrected chi connectivity index (χ0v) is 11.5. The van der Waals surface area contributed by atoms with Gasteiger partial charge in [-0.1, -0.05) is 42.5 Å². The summed E-state index contributed by atoms with van der Waals surface area (Å²) in [7, 11) is 3.33. The molecule has 3 aromatic rings. The van der Waals surface area contributed by atoms with E-state index < -0.39 is 0 Å². The van der Waals surface area contributed by atoms with Crippen molar-refractivity contribution in [3.05, 3.63) is 54.6 Å². The van der Waals surface area contributed by atoms with E-state index in [1.54, 1.807) is 14.1 Å². The number of nitrogens with zero attached hydrogens (tertiary/aromatic N) is 1. The molecule has 0 N–H and O–H groups in total. The number of carbonyl (C=O) groups is 1. The van der Waals surface area contributed by atoms with Crippen molar-refractivity contribution in [1.82, 2.24) is 4.90 Å². The van der Waals surface area contributed by atoms with Crippen LogP contribution < -0.4 is 4.74 Å². The molecule has 1 amide bonds. The molecule has 0 aliphatic carbocycles. The molecule has 20 heavy (non-hydrogen) atoms. The minimum absolute atomic E-state index is 0.371. The van der Waals surface area contributed by atoms with Crippen LogP contribution in [0.25, 0.3) is 21.5 Å². The number of benzene rings is 3. The van der Waals surface area contributed by atoms with Crippen molar-refractivity contribution in [2.24, 2.45) is 0 Å². The molecular weight excluding hydrogens is 250 g/mol. The lowest BCUT2D eigenvalue weighted by atomic mass is 10.0. The number of ether oxygens (including phenoxy) is 1. The topological polar surface area (TPSA) is 29.5 Å². The molecule has 3 aromatic carbocycles. The van der Waals surface area contributed by atoms with Gasteiger partial charge in [0.2, 0.25) is 0 Å². The van der Waals surface area contributed by atoms with Gasteiger partial charge in [0.1, 0.15) is 5.75 Å². The molecule has 3 heteroatoms. The van der Waals surface area contributed by atoms with Gasteiger partial charge in [0.15, 0.2) is 0 Å². The van der Waals surface area contributed by atoms with Gasteiger partial charge in [-0.2, -0.15) is 0 Å². The SMILES string of the molecule is CN(C)C(=O)Oc1ccc2ccc3ccccc3c2c1. The van der Waals surface area contributed by atoms with Gasteiger partial charge < -0.3 is 9.64 Å². The average molecular weight is 265 g/mol. The summed E-state index contributed by atoms with van der Waals surface area (Å²) in [6.07, 6.45) is -0.371. The van der Waals surface area contributed by atoms with Crippen molar-refractivity contribution in [1.29, 1.82) is 0 Å². The molecule has 0 saturated carbocycles. The van der Waals surface area contributed by atoms with Gasteiger partial charge in [-0.3, -0.25) is 0 Å². The van der Waals surface area contributed by atoms with E-state index in [-0.39, 0.29) is 6.09 Å². The van der Waals surface area contributed by atoms with Crippen molar-refractivity contribution >= 4 is 27.6 Å². The van der Waals surface area contributed by atoms with E-state index in [4.69, 9.17) is 4.74 Å². The van der Waals surface area contributed by atoms with E-state index in [2.05, 4.69) is 24.3 Å². The first-order chi connectivity index (χ1) is 9.65. The maximum atomic E-state index is 11.6. The van der Waals surface area contributed by atoms with Crippen LogP contribution in [0, 0.1) is 0 Å². The van der Waals surface area contributed by atoms with Crippen LogP contribution in [0.1, 0.15) is 0 Å². The largest absolute Gasteiger partial charge is 0.414 e. The molecule has 0 atom stereocenters. The Hall–Kier alpha value is -2.55. The van der Waals surface area contributed by atoms with Crippen molar-refractivity contribution < 1.29 is 9.53 Å². The highest BCUT2D eigenvalue weighted by Gasteiger charge is 2.08. The first-order valence-electron chi connectivity index (χ1n) is 6.46. The fraction of sp³-hybridized carbons (Fsp3) is 0.118. The van der Waals surface area contributed by atoms with Crippen LogP contribution in [0.4, 0.5) is 4.79 Å². The number of hydrogen-bond donors (Lipinski definition) is 0. The smallest absolute Gasteiger partial charge is 0.410 e. The summed E-state index contributed by atoms with van der Waals surface area (Å²) in [5, 5.41) is 4.56. The third-order valence-electron chi connectivity index (χ3n) is 3.29. The van der Waals surface area contributed by atoms with Gasteiger partial charge in [-0.05, 0) is 33.7 Å². The Labute approximate surface area is 117 Å². The summed E-state index contributed by atoms with van der Waals surface area (Å²) in [5.74, 6) is 0.563. The molecular formula is C17H15NO2. The summed E-state index contributed by atoms with van der Waals surface area (Å²) >= 11 is 0. The third-order valence-corrected chi connectivity index (χ3v) is 3.29. The van der Waals surface area contributed by atoms with Crippen LogP contribution in [0.3, 0.4) is 0 Å². The van der Waals surface area contributed by atoms with Gasteiger partial charge >= 0.3 is 6.09 Å². The minimum atomic E-state index is -0.371. The van der Waals surface area contributed by atoms with E-state index in [1.165, 1.54) is 10.3 Å². The lowest BCUT2D eigenvalue weighted by Gasteiger charge is -2.11.